The molecule has 2 aliphatic rings. The van der Waals surface area contributed by atoms with Crippen LogP contribution in [0.25, 0.3) is 0 Å². The summed E-state index contributed by atoms with van der Waals surface area (Å²) in [4.78, 5) is 11.4. The van der Waals surface area contributed by atoms with E-state index in [4.69, 9.17) is 4.74 Å². The maximum atomic E-state index is 13.1. The Hall–Kier alpha value is -2.39. The molecule has 0 atom stereocenters. The van der Waals surface area contributed by atoms with E-state index < -0.39 is 10.0 Å². The van der Waals surface area contributed by atoms with Crippen LogP contribution in [0.15, 0.2) is 29.2 Å². The molecular formula is C19H25N5O3S. The van der Waals surface area contributed by atoms with Crippen LogP contribution in [-0.2, 0) is 16.4 Å². The van der Waals surface area contributed by atoms with E-state index in [-0.39, 0.29) is 0 Å². The molecule has 0 unspecified atom stereocenters. The number of anilines is 2. The highest BCUT2D eigenvalue weighted by atomic mass is 32.2. The number of hydrogen-bond donors (Lipinski definition) is 1. The summed E-state index contributed by atoms with van der Waals surface area (Å²) < 4.78 is 33.1. The zero-order chi connectivity index (χ0) is 19.7. The molecule has 0 bridgehead atoms. The zero-order valence-corrected chi connectivity index (χ0v) is 17.0. The minimum atomic E-state index is -3.51. The Kier molecular flexibility index (Phi) is 5.11. The van der Waals surface area contributed by atoms with Gasteiger partial charge in [0.25, 0.3) is 0 Å². The summed E-state index contributed by atoms with van der Waals surface area (Å²) in [5.74, 6) is 2.22. The molecule has 1 N–H and O–H groups in total. The number of piperazine rings is 1. The monoisotopic (exact) mass is 403 g/mol. The van der Waals surface area contributed by atoms with Crippen molar-refractivity contribution in [2.75, 3.05) is 49.5 Å². The number of sulfonamides is 1. The third-order valence-corrected chi connectivity index (χ3v) is 6.93. The van der Waals surface area contributed by atoms with Gasteiger partial charge in [0.1, 0.15) is 11.6 Å². The predicted octanol–water partition coefficient (Wildman–Crippen LogP) is 1.66. The first-order chi connectivity index (χ1) is 13.5. The summed E-state index contributed by atoms with van der Waals surface area (Å²) in [6, 6.07) is 7.09. The summed E-state index contributed by atoms with van der Waals surface area (Å²) in [7, 11) is -3.51. The maximum absolute atomic E-state index is 13.1. The molecule has 28 heavy (non-hydrogen) atoms. The largest absolute Gasteiger partial charge is 0.493 e. The number of nitrogens with zero attached hydrogens (tertiary/aromatic N) is 4. The number of hydrogen-bond acceptors (Lipinski definition) is 7. The average Bonchev–Trinajstić information content (AvgIpc) is 3.16. The molecule has 8 nitrogen and oxygen atoms in total. The van der Waals surface area contributed by atoms with E-state index in [0.717, 1.165) is 35.8 Å². The van der Waals surface area contributed by atoms with Gasteiger partial charge in [-0.15, -0.1) is 0 Å². The fraction of sp³-hybridized carbons (Fsp3) is 0.474. The second kappa shape index (κ2) is 7.56. The number of nitrogens with one attached hydrogen (secondary N) is 1. The lowest BCUT2D eigenvalue weighted by Crippen LogP contribution is -2.49. The van der Waals surface area contributed by atoms with E-state index in [1.807, 2.05) is 19.9 Å². The molecule has 150 valence electrons. The highest BCUT2D eigenvalue weighted by Crippen LogP contribution is 2.29. The average molecular weight is 404 g/mol. The van der Waals surface area contributed by atoms with Gasteiger partial charge in [-0.25, -0.2) is 13.4 Å². The van der Waals surface area contributed by atoms with Gasteiger partial charge >= 0.3 is 0 Å². The highest BCUT2D eigenvalue weighted by Gasteiger charge is 2.30. The van der Waals surface area contributed by atoms with Gasteiger partial charge in [0, 0.05) is 50.9 Å². The molecule has 0 radical (unpaired) electrons. The van der Waals surface area contributed by atoms with Crippen molar-refractivity contribution in [2.24, 2.45) is 0 Å². The summed E-state index contributed by atoms with van der Waals surface area (Å²) in [5, 5.41) is 3.14. The van der Waals surface area contributed by atoms with E-state index in [1.54, 1.807) is 22.5 Å². The smallest absolute Gasteiger partial charge is 0.243 e. The van der Waals surface area contributed by atoms with Gasteiger partial charge in [0.05, 0.1) is 11.5 Å². The number of benzene rings is 1. The van der Waals surface area contributed by atoms with Crippen LogP contribution in [0.1, 0.15) is 18.2 Å². The van der Waals surface area contributed by atoms with Crippen LogP contribution in [0.4, 0.5) is 11.8 Å². The molecule has 2 aliphatic heterocycles. The van der Waals surface area contributed by atoms with E-state index in [1.165, 1.54) is 0 Å². The quantitative estimate of drug-likeness (QED) is 0.812. The Labute approximate surface area is 165 Å². The Morgan fingerprint density at radius 3 is 2.68 bits per heavy atom. The van der Waals surface area contributed by atoms with Crippen molar-refractivity contribution < 1.29 is 13.2 Å². The number of fused-ring (bicyclic) bond motifs is 1. The number of rotatable bonds is 5. The van der Waals surface area contributed by atoms with E-state index in [0.29, 0.717) is 43.6 Å². The summed E-state index contributed by atoms with van der Waals surface area (Å²) in [6.07, 6.45) is 0.758. The summed E-state index contributed by atoms with van der Waals surface area (Å²) in [5.41, 5.74) is 1.85. The van der Waals surface area contributed by atoms with Crippen LogP contribution in [0.2, 0.25) is 0 Å². The fourth-order valence-corrected chi connectivity index (χ4v) is 5.05. The standard InChI is InChI=1S/C19H25N5O3S/c1-3-20-19-21-14(2)12-18(22-19)23-7-9-24(10-8-23)28(25,26)16-4-5-17-15(13-16)6-11-27-17/h4-5,12-13H,3,6-11H2,1-2H3,(H,20,21,22). The maximum Gasteiger partial charge on any atom is 0.243 e. The van der Waals surface area contributed by atoms with Crippen molar-refractivity contribution in [1.29, 1.82) is 0 Å². The van der Waals surface area contributed by atoms with Crippen molar-refractivity contribution in [3.8, 4) is 5.75 Å². The molecule has 1 aromatic carbocycles. The van der Waals surface area contributed by atoms with Crippen LogP contribution >= 0.6 is 0 Å². The Bertz CT molecular complexity index is 972. The molecule has 1 fully saturated rings. The lowest BCUT2D eigenvalue weighted by molar-refractivity contribution is 0.356. The fourth-order valence-electron chi connectivity index (χ4n) is 3.58. The van der Waals surface area contributed by atoms with Crippen LogP contribution in [0.5, 0.6) is 5.75 Å². The molecule has 9 heteroatoms. The molecule has 1 saturated heterocycles. The Balaban J connectivity index is 1.48. The first kappa shape index (κ1) is 18.9. The predicted molar refractivity (Wildman–Crippen MR) is 108 cm³/mol. The van der Waals surface area contributed by atoms with Crippen LogP contribution < -0.4 is 15.0 Å². The first-order valence-corrected chi connectivity index (χ1v) is 11.0. The first-order valence-electron chi connectivity index (χ1n) is 9.58. The van der Waals surface area contributed by atoms with E-state index in [9.17, 15) is 8.42 Å². The number of aromatic nitrogens is 2. The normalized spacial score (nSPS) is 17.3. The second-order valence-corrected chi connectivity index (χ2v) is 8.92. The molecule has 2 aromatic rings. The number of aryl methyl sites for hydroxylation is 1. The van der Waals surface area contributed by atoms with Gasteiger partial charge in [-0.05, 0) is 37.6 Å². The molecule has 0 saturated carbocycles. The minimum Gasteiger partial charge on any atom is -0.493 e. The second-order valence-electron chi connectivity index (χ2n) is 6.98. The van der Waals surface area contributed by atoms with Gasteiger partial charge in [0.2, 0.25) is 16.0 Å². The molecule has 0 amide bonds. The minimum absolute atomic E-state index is 0.345. The zero-order valence-electron chi connectivity index (χ0n) is 16.2. The van der Waals surface area contributed by atoms with Gasteiger partial charge in [-0.1, -0.05) is 0 Å². The van der Waals surface area contributed by atoms with Gasteiger partial charge in [-0.2, -0.15) is 9.29 Å². The van der Waals surface area contributed by atoms with Gasteiger partial charge in [0.15, 0.2) is 0 Å². The molecule has 3 heterocycles. The lowest BCUT2D eigenvalue weighted by Gasteiger charge is -2.34. The molecular weight excluding hydrogens is 378 g/mol. The van der Waals surface area contributed by atoms with Crippen molar-refractivity contribution in [1.82, 2.24) is 14.3 Å². The van der Waals surface area contributed by atoms with Crippen molar-refractivity contribution in [3.63, 3.8) is 0 Å². The third kappa shape index (κ3) is 3.64. The van der Waals surface area contributed by atoms with E-state index >= 15 is 0 Å². The molecule has 1 aromatic heterocycles. The van der Waals surface area contributed by atoms with Crippen molar-refractivity contribution in [3.05, 3.63) is 35.5 Å². The number of ether oxygens (including phenoxy) is 1. The highest BCUT2D eigenvalue weighted by molar-refractivity contribution is 7.89. The van der Waals surface area contributed by atoms with E-state index in [2.05, 4.69) is 20.2 Å². The third-order valence-electron chi connectivity index (χ3n) is 5.04. The van der Waals surface area contributed by atoms with Crippen LogP contribution in [-0.4, -0.2) is 62.0 Å². The Morgan fingerprint density at radius 2 is 1.93 bits per heavy atom. The molecule has 0 aliphatic carbocycles. The van der Waals surface area contributed by atoms with Gasteiger partial charge < -0.3 is 15.0 Å². The van der Waals surface area contributed by atoms with Crippen molar-refractivity contribution in [2.45, 2.75) is 25.2 Å². The molecule has 0 spiro atoms. The topological polar surface area (TPSA) is 87.7 Å². The summed E-state index contributed by atoms with van der Waals surface area (Å²) in [6.45, 7) is 7.34. The summed E-state index contributed by atoms with van der Waals surface area (Å²) >= 11 is 0. The van der Waals surface area contributed by atoms with Crippen molar-refractivity contribution >= 4 is 21.8 Å². The SMILES string of the molecule is CCNc1nc(C)cc(N2CCN(S(=O)(=O)c3ccc4c(c3)CCO4)CC2)n1. The van der Waals surface area contributed by atoms with Crippen LogP contribution in [0.3, 0.4) is 0 Å². The lowest BCUT2D eigenvalue weighted by atomic mass is 10.2. The Morgan fingerprint density at radius 1 is 1.14 bits per heavy atom. The van der Waals surface area contributed by atoms with Crippen LogP contribution in [0, 0.1) is 6.92 Å². The molecule has 4 rings (SSSR count). The van der Waals surface area contributed by atoms with Gasteiger partial charge in [-0.3, -0.25) is 0 Å².